The summed E-state index contributed by atoms with van der Waals surface area (Å²) in [6, 6.07) is 6.62. The standard InChI is InChI=1S/C9H4ClF3S2/c10-6-2-1-3-7-5(6)4-8(14-7)15-9(11,12)13/h1-4H. The predicted molar refractivity (Wildman–Crippen MR) is 58.7 cm³/mol. The van der Waals surface area contributed by atoms with Gasteiger partial charge in [-0.25, -0.2) is 0 Å². The van der Waals surface area contributed by atoms with Crippen molar-refractivity contribution in [2.24, 2.45) is 0 Å². The van der Waals surface area contributed by atoms with Gasteiger partial charge in [-0.3, -0.25) is 0 Å². The summed E-state index contributed by atoms with van der Waals surface area (Å²) in [4.78, 5) is 0. The molecule has 0 radical (unpaired) electrons. The highest BCUT2D eigenvalue weighted by Gasteiger charge is 2.30. The molecule has 0 atom stereocenters. The zero-order chi connectivity index (χ0) is 11.1. The highest BCUT2D eigenvalue weighted by molar-refractivity contribution is 8.02. The Bertz CT molecular complexity index is 490. The minimum atomic E-state index is -4.24. The van der Waals surface area contributed by atoms with Crippen molar-refractivity contribution < 1.29 is 13.2 Å². The Morgan fingerprint density at radius 2 is 2.00 bits per heavy atom. The lowest BCUT2D eigenvalue weighted by Gasteiger charge is -2.00. The Balaban J connectivity index is 2.44. The molecule has 0 N–H and O–H groups in total. The first-order chi connectivity index (χ1) is 6.96. The van der Waals surface area contributed by atoms with Crippen LogP contribution in [0, 0.1) is 0 Å². The second kappa shape index (κ2) is 3.88. The fourth-order valence-electron chi connectivity index (χ4n) is 1.17. The van der Waals surface area contributed by atoms with Gasteiger partial charge in [0, 0.05) is 15.1 Å². The topological polar surface area (TPSA) is 0 Å². The molecule has 0 nitrogen and oxygen atoms in total. The minimum Gasteiger partial charge on any atom is -0.160 e. The van der Waals surface area contributed by atoms with Crippen LogP contribution in [-0.2, 0) is 0 Å². The van der Waals surface area contributed by atoms with E-state index in [0.717, 1.165) is 16.0 Å². The number of hydrogen-bond donors (Lipinski definition) is 0. The lowest BCUT2D eigenvalue weighted by molar-refractivity contribution is -0.0326. The van der Waals surface area contributed by atoms with E-state index in [2.05, 4.69) is 0 Å². The van der Waals surface area contributed by atoms with Crippen molar-refractivity contribution in [3.05, 3.63) is 29.3 Å². The van der Waals surface area contributed by atoms with Gasteiger partial charge in [0.25, 0.3) is 0 Å². The highest BCUT2D eigenvalue weighted by atomic mass is 35.5. The van der Waals surface area contributed by atoms with Gasteiger partial charge in [0.15, 0.2) is 0 Å². The summed E-state index contributed by atoms with van der Waals surface area (Å²) in [5, 5.41) is 1.16. The Hall–Kier alpha value is -0.390. The SMILES string of the molecule is FC(F)(F)Sc1cc2c(Cl)cccc2s1. The Kier molecular flexibility index (Phi) is 2.87. The van der Waals surface area contributed by atoms with Crippen LogP contribution < -0.4 is 0 Å². The van der Waals surface area contributed by atoms with Gasteiger partial charge in [-0.1, -0.05) is 17.7 Å². The molecule has 0 saturated heterocycles. The number of thioether (sulfide) groups is 1. The van der Waals surface area contributed by atoms with Crippen LogP contribution in [0.4, 0.5) is 13.2 Å². The average molecular weight is 269 g/mol. The molecule has 6 heteroatoms. The second-order valence-electron chi connectivity index (χ2n) is 2.76. The van der Waals surface area contributed by atoms with Crippen LogP contribution >= 0.6 is 34.7 Å². The van der Waals surface area contributed by atoms with E-state index < -0.39 is 5.51 Å². The Labute approximate surface area is 97.0 Å². The molecule has 0 aliphatic carbocycles. The van der Waals surface area contributed by atoms with Crippen molar-refractivity contribution in [1.29, 1.82) is 0 Å². The van der Waals surface area contributed by atoms with Crippen molar-refractivity contribution in [2.75, 3.05) is 0 Å². The molecule has 1 heterocycles. The van der Waals surface area contributed by atoms with E-state index in [-0.39, 0.29) is 16.0 Å². The van der Waals surface area contributed by atoms with Gasteiger partial charge in [-0.15, -0.1) is 11.3 Å². The zero-order valence-corrected chi connectivity index (χ0v) is 9.53. The van der Waals surface area contributed by atoms with Crippen LogP contribution in [0.3, 0.4) is 0 Å². The maximum Gasteiger partial charge on any atom is 0.447 e. The first-order valence-corrected chi connectivity index (χ1v) is 5.90. The summed E-state index contributed by atoms with van der Waals surface area (Å²) < 4.78 is 37.3. The van der Waals surface area contributed by atoms with Gasteiger partial charge in [-0.2, -0.15) is 13.2 Å². The molecule has 1 aromatic carbocycles. The number of fused-ring (bicyclic) bond motifs is 1. The molecule has 2 aromatic rings. The first-order valence-electron chi connectivity index (χ1n) is 3.89. The maximum absolute atomic E-state index is 12.1. The van der Waals surface area contributed by atoms with Gasteiger partial charge < -0.3 is 0 Å². The van der Waals surface area contributed by atoms with Gasteiger partial charge in [0.1, 0.15) is 0 Å². The quantitative estimate of drug-likeness (QED) is 0.643. The summed E-state index contributed by atoms with van der Waals surface area (Å²) >= 11 is 6.85. The van der Waals surface area contributed by atoms with Crippen molar-refractivity contribution >= 4 is 44.8 Å². The monoisotopic (exact) mass is 268 g/mol. The fraction of sp³-hybridized carbons (Fsp3) is 0.111. The van der Waals surface area contributed by atoms with E-state index in [1.165, 1.54) is 6.07 Å². The summed E-state index contributed by atoms with van der Waals surface area (Å²) in [6.07, 6.45) is 0. The van der Waals surface area contributed by atoms with Crippen molar-refractivity contribution in [3.63, 3.8) is 0 Å². The smallest absolute Gasteiger partial charge is 0.160 e. The number of thiophene rings is 1. The molecule has 1 aromatic heterocycles. The molecule has 0 fully saturated rings. The van der Waals surface area contributed by atoms with Crippen LogP contribution in [-0.4, -0.2) is 5.51 Å². The minimum absolute atomic E-state index is 0.105. The van der Waals surface area contributed by atoms with Crippen LogP contribution in [0.5, 0.6) is 0 Å². The molecule has 0 spiro atoms. The molecule has 80 valence electrons. The van der Waals surface area contributed by atoms with Gasteiger partial charge in [0.2, 0.25) is 0 Å². The van der Waals surface area contributed by atoms with E-state index in [1.54, 1.807) is 18.2 Å². The number of alkyl halides is 3. The van der Waals surface area contributed by atoms with Gasteiger partial charge >= 0.3 is 5.51 Å². The molecule has 0 bridgehead atoms. The van der Waals surface area contributed by atoms with E-state index in [1.807, 2.05) is 0 Å². The van der Waals surface area contributed by atoms with Crippen LogP contribution in [0.25, 0.3) is 10.1 Å². The largest absolute Gasteiger partial charge is 0.447 e. The molecule has 2 rings (SSSR count). The molecule has 0 amide bonds. The summed E-state index contributed by atoms with van der Waals surface area (Å²) in [7, 11) is 0. The summed E-state index contributed by atoms with van der Waals surface area (Å²) in [5.74, 6) is 0. The number of rotatable bonds is 1. The van der Waals surface area contributed by atoms with Crippen LogP contribution in [0.15, 0.2) is 28.5 Å². The van der Waals surface area contributed by atoms with E-state index in [9.17, 15) is 13.2 Å². The van der Waals surface area contributed by atoms with E-state index in [0.29, 0.717) is 10.4 Å². The zero-order valence-electron chi connectivity index (χ0n) is 7.14. The second-order valence-corrected chi connectivity index (χ2v) is 5.62. The lowest BCUT2D eigenvalue weighted by Crippen LogP contribution is -1.97. The van der Waals surface area contributed by atoms with Crippen LogP contribution in [0.2, 0.25) is 5.02 Å². The average Bonchev–Trinajstić information content (AvgIpc) is 2.45. The van der Waals surface area contributed by atoms with Crippen LogP contribution in [0.1, 0.15) is 0 Å². The Morgan fingerprint density at radius 3 is 2.60 bits per heavy atom. The maximum atomic E-state index is 12.1. The van der Waals surface area contributed by atoms with Crippen molar-refractivity contribution in [3.8, 4) is 0 Å². The van der Waals surface area contributed by atoms with E-state index in [4.69, 9.17) is 11.6 Å². The molecular formula is C9H4ClF3S2. The third kappa shape index (κ3) is 2.59. The molecule has 15 heavy (non-hydrogen) atoms. The summed E-state index contributed by atoms with van der Waals surface area (Å²) in [5.41, 5.74) is -4.24. The van der Waals surface area contributed by atoms with Crippen molar-refractivity contribution in [2.45, 2.75) is 9.72 Å². The molecule has 0 unspecified atom stereocenters. The Morgan fingerprint density at radius 1 is 1.27 bits per heavy atom. The number of benzene rings is 1. The molecule has 0 aliphatic rings. The fourth-order valence-corrected chi connectivity index (χ4v) is 3.39. The van der Waals surface area contributed by atoms with Gasteiger partial charge in [-0.05, 0) is 30.0 Å². The first kappa shape index (κ1) is 11.1. The molecule has 0 saturated carbocycles. The normalized spacial score (nSPS) is 12.3. The predicted octanol–water partition coefficient (Wildman–Crippen LogP) is 5.17. The lowest BCUT2D eigenvalue weighted by atomic mass is 10.3. The summed E-state index contributed by atoms with van der Waals surface area (Å²) in [6.45, 7) is 0. The van der Waals surface area contributed by atoms with Gasteiger partial charge in [0.05, 0.1) is 4.21 Å². The number of halogens is 4. The number of hydrogen-bond acceptors (Lipinski definition) is 2. The van der Waals surface area contributed by atoms with Crippen molar-refractivity contribution in [1.82, 2.24) is 0 Å². The third-order valence-electron chi connectivity index (χ3n) is 1.70. The molecule has 0 aliphatic heterocycles. The molecular weight excluding hydrogens is 265 g/mol. The third-order valence-corrected chi connectivity index (χ3v) is 3.98. The van der Waals surface area contributed by atoms with E-state index >= 15 is 0 Å². The highest BCUT2D eigenvalue weighted by Crippen LogP contribution is 2.43.